The van der Waals surface area contributed by atoms with E-state index < -0.39 is 0 Å². The summed E-state index contributed by atoms with van der Waals surface area (Å²) in [6.45, 7) is 7.57. The van der Waals surface area contributed by atoms with Crippen molar-refractivity contribution in [3.63, 3.8) is 0 Å². The van der Waals surface area contributed by atoms with Crippen LogP contribution in [0.25, 0.3) is 0 Å². The van der Waals surface area contributed by atoms with Crippen LogP contribution < -0.4 is 5.32 Å². The maximum Gasteiger partial charge on any atom is 0.261 e. The first-order chi connectivity index (χ1) is 9.56. The second-order valence-corrected chi connectivity index (χ2v) is 4.50. The standard InChI is InChI=1S/C13H18N6O/c1-5-9-10(6-2)18-19-13(14-9)15-12(20)11-7(3)16-17-8(11)4/h5-6H2,1-4H3,(H,16,17)(H,14,15,19,20). The fourth-order valence-corrected chi connectivity index (χ4v) is 2.04. The molecular formula is C13H18N6O. The van der Waals surface area contributed by atoms with E-state index in [0.717, 1.165) is 24.2 Å². The summed E-state index contributed by atoms with van der Waals surface area (Å²) < 4.78 is 0. The predicted octanol–water partition coefficient (Wildman–Crippen LogP) is 1.59. The molecule has 7 nitrogen and oxygen atoms in total. The molecule has 0 saturated carbocycles. The lowest BCUT2D eigenvalue weighted by atomic mass is 10.2. The molecule has 2 N–H and O–H groups in total. The molecule has 0 unspecified atom stereocenters. The van der Waals surface area contributed by atoms with E-state index >= 15 is 0 Å². The van der Waals surface area contributed by atoms with E-state index in [1.165, 1.54) is 0 Å². The van der Waals surface area contributed by atoms with E-state index in [2.05, 4.69) is 30.7 Å². The van der Waals surface area contributed by atoms with E-state index in [0.29, 0.717) is 17.0 Å². The average molecular weight is 274 g/mol. The number of aromatic nitrogens is 5. The normalized spacial score (nSPS) is 10.6. The molecule has 106 valence electrons. The van der Waals surface area contributed by atoms with Gasteiger partial charge in [-0.2, -0.15) is 5.10 Å². The number of rotatable bonds is 4. The third kappa shape index (κ3) is 2.66. The van der Waals surface area contributed by atoms with Gasteiger partial charge < -0.3 is 0 Å². The van der Waals surface area contributed by atoms with E-state index in [-0.39, 0.29) is 11.9 Å². The van der Waals surface area contributed by atoms with Crippen molar-refractivity contribution in [2.24, 2.45) is 0 Å². The Morgan fingerprint density at radius 1 is 1.15 bits per heavy atom. The van der Waals surface area contributed by atoms with E-state index in [9.17, 15) is 4.79 Å². The van der Waals surface area contributed by atoms with Crippen LogP contribution in [-0.2, 0) is 12.8 Å². The minimum Gasteiger partial charge on any atom is -0.289 e. The van der Waals surface area contributed by atoms with Crippen LogP contribution >= 0.6 is 0 Å². The molecule has 20 heavy (non-hydrogen) atoms. The Balaban J connectivity index is 2.24. The molecule has 0 aliphatic heterocycles. The molecule has 0 aliphatic rings. The summed E-state index contributed by atoms with van der Waals surface area (Å²) >= 11 is 0. The summed E-state index contributed by atoms with van der Waals surface area (Å²) in [7, 11) is 0. The predicted molar refractivity (Wildman–Crippen MR) is 74.6 cm³/mol. The largest absolute Gasteiger partial charge is 0.289 e. The van der Waals surface area contributed by atoms with Gasteiger partial charge in [-0.25, -0.2) is 4.98 Å². The van der Waals surface area contributed by atoms with Gasteiger partial charge in [-0.3, -0.25) is 15.2 Å². The number of aromatic amines is 1. The highest BCUT2D eigenvalue weighted by Crippen LogP contribution is 2.12. The highest BCUT2D eigenvalue weighted by Gasteiger charge is 2.17. The van der Waals surface area contributed by atoms with Crippen molar-refractivity contribution in [3.05, 3.63) is 28.3 Å². The van der Waals surface area contributed by atoms with Crippen LogP contribution in [0.4, 0.5) is 5.95 Å². The lowest BCUT2D eigenvalue weighted by molar-refractivity contribution is 0.102. The molecule has 0 fully saturated rings. The van der Waals surface area contributed by atoms with Crippen LogP contribution in [0.3, 0.4) is 0 Å². The molecule has 1 amide bonds. The maximum absolute atomic E-state index is 12.2. The number of carbonyl (C=O) groups is 1. The highest BCUT2D eigenvalue weighted by atomic mass is 16.1. The molecule has 0 atom stereocenters. The van der Waals surface area contributed by atoms with Crippen molar-refractivity contribution >= 4 is 11.9 Å². The molecule has 2 rings (SSSR count). The Kier molecular flexibility index (Phi) is 4.07. The van der Waals surface area contributed by atoms with Gasteiger partial charge in [0.05, 0.1) is 22.6 Å². The van der Waals surface area contributed by atoms with Gasteiger partial charge in [-0.15, -0.1) is 10.2 Å². The second-order valence-electron chi connectivity index (χ2n) is 4.50. The molecule has 0 saturated heterocycles. The Bertz CT molecular complexity index is 614. The average Bonchev–Trinajstić information content (AvgIpc) is 2.78. The SMILES string of the molecule is CCc1nnc(NC(=O)c2c(C)n[nH]c2C)nc1CC. The van der Waals surface area contributed by atoms with Gasteiger partial charge in [0.15, 0.2) is 0 Å². The number of carbonyl (C=O) groups excluding carboxylic acids is 1. The van der Waals surface area contributed by atoms with Gasteiger partial charge in [0, 0.05) is 5.69 Å². The van der Waals surface area contributed by atoms with Crippen molar-refractivity contribution in [3.8, 4) is 0 Å². The minimum absolute atomic E-state index is 0.226. The van der Waals surface area contributed by atoms with Gasteiger partial charge in [0.1, 0.15) is 0 Å². The van der Waals surface area contributed by atoms with Crippen LogP contribution in [-0.4, -0.2) is 31.3 Å². The van der Waals surface area contributed by atoms with Crippen molar-refractivity contribution in [1.82, 2.24) is 25.4 Å². The van der Waals surface area contributed by atoms with E-state index in [1.54, 1.807) is 13.8 Å². The first kappa shape index (κ1) is 14.1. The van der Waals surface area contributed by atoms with Crippen molar-refractivity contribution in [1.29, 1.82) is 0 Å². The van der Waals surface area contributed by atoms with Gasteiger partial charge in [-0.05, 0) is 26.7 Å². The summed E-state index contributed by atoms with van der Waals surface area (Å²) in [6.07, 6.45) is 1.53. The topological polar surface area (TPSA) is 96.5 Å². The minimum atomic E-state index is -0.276. The highest BCUT2D eigenvalue weighted by molar-refractivity contribution is 6.04. The summed E-state index contributed by atoms with van der Waals surface area (Å²) in [5.74, 6) is -0.0501. The number of aryl methyl sites for hydroxylation is 4. The van der Waals surface area contributed by atoms with E-state index in [4.69, 9.17) is 0 Å². The molecule has 0 spiro atoms. The molecule has 0 bridgehead atoms. The number of hydrogen-bond donors (Lipinski definition) is 2. The number of H-pyrrole nitrogens is 1. The number of nitrogens with zero attached hydrogens (tertiary/aromatic N) is 4. The van der Waals surface area contributed by atoms with Crippen molar-refractivity contribution in [2.45, 2.75) is 40.5 Å². The summed E-state index contributed by atoms with van der Waals surface area (Å²) in [4.78, 5) is 16.5. The molecule has 7 heteroatoms. The Hall–Kier alpha value is -2.31. The van der Waals surface area contributed by atoms with Crippen molar-refractivity contribution in [2.75, 3.05) is 5.32 Å². The zero-order chi connectivity index (χ0) is 14.7. The summed E-state index contributed by atoms with van der Waals surface area (Å²) in [6, 6.07) is 0. The zero-order valence-corrected chi connectivity index (χ0v) is 12.1. The molecule has 2 aromatic rings. The maximum atomic E-state index is 12.2. The third-order valence-corrected chi connectivity index (χ3v) is 3.09. The Morgan fingerprint density at radius 3 is 2.40 bits per heavy atom. The van der Waals surface area contributed by atoms with Crippen LogP contribution in [0.5, 0.6) is 0 Å². The molecular weight excluding hydrogens is 256 g/mol. The third-order valence-electron chi connectivity index (χ3n) is 3.09. The first-order valence-corrected chi connectivity index (χ1v) is 6.62. The van der Waals surface area contributed by atoms with Gasteiger partial charge >= 0.3 is 0 Å². The monoisotopic (exact) mass is 274 g/mol. The Morgan fingerprint density at radius 2 is 1.85 bits per heavy atom. The smallest absolute Gasteiger partial charge is 0.261 e. The lowest BCUT2D eigenvalue weighted by Gasteiger charge is -2.07. The van der Waals surface area contributed by atoms with Gasteiger partial charge in [0.2, 0.25) is 5.95 Å². The van der Waals surface area contributed by atoms with Crippen LogP contribution in [0.2, 0.25) is 0 Å². The second kappa shape index (κ2) is 5.77. The number of amides is 1. The quantitative estimate of drug-likeness (QED) is 0.882. The first-order valence-electron chi connectivity index (χ1n) is 6.62. The van der Waals surface area contributed by atoms with Gasteiger partial charge in [0.25, 0.3) is 5.91 Å². The fourth-order valence-electron chi connectivity index (χ4n) is 2.04. The lowest BCUT2D eigenvalue weighted by Crippen LogP contribution is -2.17. The van der Waals surface area contributed by atoms with Crippen molar-refractivity contribution < 1.29 is 4.79 Å². The molecule has 0 radical (unpaired) electrons. The van der Waals surface area contributed by atoms with Gasteiger partial charge in [-0.1, -0.05) is 13.8 Å². The number of hydrogen-bond acceptors (Lipinski definition) is 5. The zero-order valence-electron chi connectivity index (χ0n) is 12.1. The summed E-state index contributed by atoms with van der Waals surface area (Å²) in [5, 5.41) is 17.5. The molecule has 2 aromatic heterocycles. The fraction of sp³-hybridized carbons (Fsp3) is 0.462. The number of nitrogens with one attached hydrogen (secondary N) is 2. The van der Waals surface area contributed by atoms with Crippen LogP contribution in [0, 0.1) is 13.8 Å². The molecule has 0 aromatic carbocycles. The number of anilines is 1. The molecule has 0 aliphatic carbocycles. The van der Waals surface area contributed by atoms with Crippen LogP contribution in [0.1, 0.15) is 47.0 Å². The summed E-state index contributed by atoms with van der Waals surface area (Å²) in [5.41, 5.74) is 3.61. The van der Waals surface area contributed by atoms with Crippen LogP contribution in [0.15, 0.2) is 0 Å². The van der Waals surface area contributed by atoms with E-state index in [1.807, 2.05) is 13.8 Å². The molecule has 2 heterocycles. The Labute approximate surface area is 117 Å².